The van der Waals surface area contributed by atoms with E-state index in [-0.39, 0.29) is 11.5 Å². The molecule has 1 aliphatic rings. The van der Waals surface area contributed by atoms with E-state index in [4.69, 9.17) is 18.0 Å². The molecule has 1 aromatic rings. The lowest BCUT2D eigenvalue weighted by molar-refractivity contribution is 0.415. The molecule has 7 nitrogen and oxygen atoms in total. The van der Waals surface area contributed by atoms with Gasteiger partial charge in [-0.15, -0.1) is 0 Å². The molecule has 1 fully saturated rings. The van der Waals surface area contributed by atoms with Crippen molar-refractivity contribution in [3.05, 3.63) is 20.8 Å². The van der Waals surface area contributed by atoms with E-state index in [2.05, 4.69) is 10.6 Å². The summed E-state index contributed by atoms with van der Waals surface area (Å²) in [6.07, 6.45) is 5.77. The largest absolute Gasteiger partial charge is 0.383 e. The molecule has 0 amide bonds. The number of hydrogen-bond donors (Lipinski definition) is 3. The Hall–Kier alpha value is -1.83. The molecule has 0 aromatic carbocycles. The van der Waals surface area contributed by atoms with E-state index in [1.54, 1.807) is 0 Å². The lowest BCUT2D eigenvalue weighted by atomic mass is 9.96. The molecule has 8 heteroatoms. The average Bonchev–Trinajstić information content (AvgIpc) is 2.48. The van der Waals surface area contributed by atoms with Gasteiger partial charge in [-0.3, -0.25) is 13.9 Å². The molecule has 0 aliphatic heterocycles. The first-order chi connectivity index (χ1) is 9.91. The molecule has 21 heavy (non-hydrogen) atoms. The van der Waals surface area contributed by atoms with E-state index < -0.39 is 11.2 Å². The quantitative estimate of drug-likeness (QED) is 0.680. The fraction of sp³-hybridized carbons (Fsp3) is 0.615. The first-order valence-corrected chi connectivity index (χ1v) is 7.45. The predicted octanol–water partition coefficient (Wildman–Crippen LogP) is 0.285. The highest BCUT2D eigenvalue weighted by Gasteiger charge is 2.17. The van der Waals surface area contributed by atoms with Crippen LogP contribution in [0.15, 0.2) is 9.59 Å². The zero-order valence-corrected chi connectivity index (χ0v) is 13.1. The number of rotatable bonds is 2. The minimum Gasteiger partial charge on any atom is -0.383 e. The molecule has 116 valence electrons. The van der Waals surface area contributed by atoms with Crippen LogP contribution in [-0.2, 0) is 14.1 Å². The van der Waals surface area contributed by atoms with Crippen molar-refractivity contribution in [2.24, 2.45) is 14.1 Å². The third-order valence-electron chi connectivity index (χ3n) is 3.89. The second-order valence-corrected chi connectivity index (χ2v) is 5.81. The van der Waals surface area contributed by atoms with E-state index in [0.717, 1.165) is 17.4 Å². The summed E-state index contributed by atoms with van der Waals surface area (Å²) in [5.74, 6) is 0.0795. The van der Waals surface area contributed by atoms with E-state index in [1.165, 1.54) is 37.9 Å². The Balaban J connectivity index is 2.17. The van der Waals surface area contributed by atoms with Crippen molar-refractivity contribution in [1.82, 2.24) is 14.5 Å². The van der Waals surface area contributed by atoms with Crippen LogP contribution in [0.25, 0.3) is 0 Å². The van der Waals surface area contributed by atoms with Gasteiger partial charge in [-0.05, 0) is 25.1 Å². The summed E-state index contributed by atoms with van der Waals surface area (Å²) in [5, 5.41) is 6.41. The fourth-order valence-corrected chi connectivity index (χ4v) is 2.83. The van der Waals surface area contributed by atoms with Crippen LogP contribution in [0, 0.1) is 0 Å². The van der Waals surface area contributed by atoms with Crippen molar-refractivity contribution < 1.29 is 0 Å². The van der Waals surface area contributed by atoms with Gasteiger partial charge in [-0.1, -0.05) is 19.3 Å². The molecule has 1 saturated carbocycles. The van der Waals surface area contributed by atoms with Crippen LogP contribution in [0.1, 0.15) is 32.1 Å². The molecule has 0 spiro atoms. The summed E-state index contributed by atoms with van der Waals surface area (Å²) in [6, 6.07) is 0.330. The van der Waals surface area contributed by atoms with E-state index in [0.29, 0.717) is 11.2 Å². The van der Waals surface area contributed by atoms with Gasteiger partial charge in [0.15, 0.2) is 5.11 Å². The second-order valence-electron chi connectivity index (χ2n) is 5.40. The molecule has 0 saturated heterocycles. The highest BCUT2D eigenvalue weighted by molar-refractivity contribution is 7.80. The SMILES string of the molecule is Cn1c(N)c(NC(=S)NC2CCCCC2)c(=O)n(C)c1=O. The molecule has 4 N–H and O–H groups in total. The Bertz CT molecular complexity index is 658. The molecule has 0 atom stereocenters. The zero-order valence-electron chi connectivity index (χ0n) is 12.3. The predicted molar refractivity (Wildman–Crippen MR) is 87.6 cm³/mol. The minimum absolute atomic E-state index is 0.0795. The fourth-order valence-electron chi connectivity index (χ4n) is 2.56. The van der Waals surface area contributed by atoms with E-state index >= 15 is 0 Å². The van der Waals surface area contributed by atoms with Crippen molar-refractivity contribution in [2.45, 2.75) is 38.1 Å². The van der Waals surface area contributed by atoms with Crippen molar-refractivity contribution >= 4 is 28.8 Å². The van der Waals surface area contributed by atoms with Gasteiger partial charge in [-0.2, -0.15) is 0 Å². The minimum atomic E-state index is -0.483. The first-order valence-electron chi connectivity index (χ1n) is 7.05. The summed E-state index contributed by atoms with van der Waals surface area (Å²) in [4.78, 5) is 23.8. The number of anilines is 2. The van der Waals surface area contributed by atoms with Crippen LogP contribution in [0.3, 0.4) is 0 Å². The molecular weight excluding hydrogens is 290 g/mol. The Morgan fingerprint density at radius 3 is 2.43 bits per heavy atom. The lowest BCUT2D eigenvalue weighted by Crippen LogP contribution is -2.43. The first kappa shape index (κ1) is 15.6. The molecule has 0 bridgehead atoms. The molecule has 2 rings (SSSR count). The van der Waals surface area contributed by atoms with Gasteiger partial charge in [-0.25, -0.2) is 4.79 Å². The molecule has 0 unspecified atom stereocenters. The number of hydrogen-bond acceptors (Lipinski definition) is 4. The highest BCUT2D eigenvalue weighted by Crippen LogP contribution is 2.17. The number of nitrogens with two attached hydrogens (primary N) is 1. The Morgan fingerprint density at radius 2 is 1.81 bits per heavy atom. The molecule has 1 aromatic heterocycles. The molecular formula is C13H21N5O2S. The summed E-state index contributed by atoms with van der Waals surface area (Å²) in [7, 11) is 2.92. The number of nitrogens with zero attached hydrogens (tertiary/aromatic N) is 2. The van der Waals surface area contributed by atoms with Crippen LogP contribution in [0.2, 0.25) is 0 Å². The molecule has 0 radical (unpaired) electrons. The number of thiocarbonyl (C=S) groups is 1. The molecule has 1 aliphatic carbocycles. The third kappa shape index (κ3) is 3.26. The normalized spacial score (nSPS) is 15.7. The van der Waals surface area contributed by atoms with Crippen molar-refractivity contribution in [1.29, 1.82) is 0 Å². The Morgan fingerprint density at radius 1 is 1.19 bits per heavy atom. The van der Waals surface area contributed by atoms with Crippen LogP contribution in [0.5, 0.6) is 0 Å². The maximum absolute atomic E-state index is 12.1. The monoisotopic (exact) mass is 311 g/mol. The van der Waals surface area contributed by atoms with E-state index in [1.807, 2.05) is 0 Å². The van der Waals surface area contributed by atoms with Crippen LogP contribution in [-0.4, -0.2) is 20.3 Å². The number of nitrogens with one attached hydrogen (secondary N) is 2. The standard InChI is InChI=1S/C13H21N5O2S/c1-17-10(14)9(11(19)18(2)13(17)20)16-12(21)15-8-6-4-3-5-7-8/h8H,3-7,14H2,1-2H3,(H2,15,16,21). The maximum atomic E-state index is 12.1. The van der Waals surface area contributed by atoms with E-state index in [9.17, 15) is 9.59 Å². The maximum Gasteiger partial charge on any atom is 0.332 e. The summed E-state index contributed by atoms with van der Waals surface area (Å²) >= 11 is 5.24. The third-order valence-corrected chi connectivity index (χ3v) is 4.11. The second kappa shape index (κ2) is 6.30. The summed E-state index contributed by atoms with van der Waals surface area (Å²) in [5.41, 5.74) is 5.02. The van der Waals surface area contributed by atoms with Gasteiger partial charge in [0.1, 0.15) is 11.5 Å². The van der Waals surface area contributed by atoms with Gasteiger partial charge < -0.3 is 16.4 Å². The summed E-state index contributed by atoms with van der Waals surface area (Å²) < 4.78 is 2.22. The van der Waals surface area contributed by atoms with Gasteiger partial charge in [0.2, 0.25) is 0 Å². The Labute approximate surface area is 128 Å². The number of aromatic nitrogens is 2. The van der Waals surface area contributed by atoms with Crippen molar-refractivity contribution in [2.75, 3.05) is 11.1 Å². The van der Waals surface area contributed by atoms with Gasteiger partial charge in [0.25, 0.3) is 5.56 Å². The molecule has 1 heterocycles. The number of nitrogen functional groups attached to an aromatic ring is 1. The lowest BCUT2D eigenvalue weighted by Gasteiger charge is -2.24. The van der Waals surface area contributed by atoms with Gasteiger partial charge in [0, 0.05) is 20.1 Å². The Kier molecular flexibility index (Phi) is 4.66. The highest BCUT2D eigenvalue weighted by atomic mass is 32.1. The average molecular weight is 311 g/mol. The van der Waals surface area contributed by atoms with Crippen LogP contribution < -0.4 is 27.6 Å². The zero-order chi connectivity index (χ0) is 15.6. The van der Waals surface area contributed by atoms with Crippen molar-refractivity contribution in [3.8, 4) is 0 Å². The van der Waals surface area contributed by atoms with Gasteiger partial charge in [0.05, 0.1) is 0 Å². The van der Waals surface area contributed by atoms with Crippen LogP contribution >= 0.6 is 12.2 Å². The van der Waals surface area contributed by atoms with Gasteiger partial charge >= 0.3 is 5.69 Å². The van der Waals surface area contributed by atoms with Crippen molar-refractivity contribution in [3.63, 3.8) is 0 Å². The summed E-state index contributed by atoms with van der Waals surface area (Å²) in [6.45, 7) is 0. The van der Waals surface area contributed by atoms with Crippen LogP contribution in [0.4, 0.5) is 11.5 Å². The smallest absolute Gasteiger partial charge is 0.332 e. The topological polar surface area (TPSA) is 94.1 Å².